The van der Waals surface area contributed by atoms with Crippen LogP contribution in [-0.4, -0.2) is 70.3 Å². The van der Waals surface area contributed by atoms with Gasteiger partial charge in [0.2, 0.25) is 0 Å². The van der Waals surface area contributed by atoms with Gasteiger partial charge in [-0.15, -0.1) is 0 Å². The number of unbranched alkanes of at least 4 members (excludes halogenated alkanes) is 9. The van der Waals surface area contributed by atoms with Gasteiger partial charge in [-0.1, -0.05) is 83.3 Å². The molecule has 2 heterocycles. The summed E-state index contributed by atoms with van der Waals surface area (Å²) in [4.78, 5) is 0. The Kier molecular flexibility index (Phi) is 18.3. The number of rotatable bonds is 18. The number of hydrogen-bond donors (Lipinski definition) is 4. The fraction of sp³-hybridized carbons (Fsp3) is 0.926. The van der Waals surface area contributed by atoms with Crippen molar-refractivity contribution in [3.05, 3.63) is 12.2 Å². The summed E-state index contributed by atoms with van der Waals surface area (Å²) in [6, 6.07) is 0. The van der Waals surface area contributed by atoms with Crippen molar-refractivity contribution in [2.75, 3.05) is 13.2 Å². The van der Waals surface area contributed by atoms with E-state index in [1.54, 1.807) is 0 Å². The standard InChI is InChI=1S/C19H38O4.C8H14O2/c1-2-3-4-5-6-7-8-9-10-11-12-16(21)18-13-14-19(23-18)17(22)15-20;1-2-3-4-5-7-8(6-9)10-7/h16-22H,2-15H2,1H3;2-3,7-9H,4-6H2,1H3/b;3-2+/t16-,17+,18-,19-;7-,8-/m10/s1. The van der Waals surface area contributed by atoms with Crippen molar-refractivity contribution in [1.29, 1.82) is 0 Å². The first-order chi connectivity index (χ1) is 16.1. The quantitative estimate of drug-likeness (QED) is 0.131. The van der Waals surface area contributed by atoms with E-state index in [9.17, 15) is 10.2 Å². The topological polar surface area (TPSA) is 103 Å². The van der Waals surface area contributed by atoms with Crippen LogP contribution < -0.4 is 0 Å². The fourth-order valence-electron chi connectivity index (χ4n) is 4.42. The van der Waals surface area contributed by atoms with Crippen LogP contribution >= 0.6 is 0 Å². The summed E-state index contributed by atoms with van der Waals surface area (Å²) in [6.45, 7) is 4.17. The van der Waals surface area contributed by atoms with Crippen molar-refractivity contribution < 1.29 is 29.9 Å². The predicted molar refractivity (Wildman–Crippen MR) is 133 cm³/mol. The molecule has 0 radical (unpaired) electrons. The minimum absolute atomic E-state index is 0.144. The molecule has 0 saturated carbocycles. The highest BCUT2D eigenvalue weighted by Crippen LogP contribution is 2.27. The van der Waals surface area contributed by atoms with Gasteiger partial charge in [0, 0.05) is 0 Å². The molecule has 4 N–H and O–H groups in total. The molecule has 196 valence electrons. The van der Waals surface area contributed by atoms with Crippen molar-refractivity contribution in [1.82, 2.24) is 0 Å². The maximum absolute atomic E-state index is 10.2. The van der Waals surface area contributed by atoms with E-state index in [0.29, 0.717) is 6.10 Å². The third-order valence-corrected chi connectivity index (χ3v) is 6.71. The van der Waals surface area contributed by atoms with Crippen LogP contribution in [0.15, 0.2) is 12.2 Å². The molecule has 33 heavy (non-hydrogen) atoms. The van der Waals surface area contributed by atoms with E-state index in [1.807, 2.05) is 13.0 Å². The minimum Gasteiger partial charge on any atom is -0.394 e. The van der Waals surface area contributed by atoms with Crippen LogP contribution in [0.4, 0.5) is 0 Å². The monoisotopic (exact) mass is 472 g/mol. The van der Waals surface area contributed by atoms with Gasteiger partial charge in [0.05, 0.1) is 37.6 Å². The number of aliphatic hydroxyl groups is 4. The van der Waals surface area contributed by atoms with Gasteiger partial charge < -0.3 is 29.9 Å². The summed E-state index contributed by atoms with van der Waals surface area (Å²) in [6.07, 6.45) is 20.3. The molecule has 2 aliphatic heterocycles. The molecule has 0 aromatic heterocycles. The van der Waals surface area contributed by atoms with Crippen molar-refractivity contribution in [3.8, 4) is 0 Å². The Bertz CT molecular complexity index is 472. The van der Waals surface area contributed by atoms with E-state index in [-0.39, 0.29) is 31.5 Å². The molecule has 0 aromatic rings. The number of hydrogen-bond acceptors (Lipinski definition) is 6. The second-order valence-electron chi connectivity index (χ2n) is 9.62. The van der Waals surface area contributed by atoms with Crippen LogP contribution in [0.2, 0.25) is 0 Å². The molecule has 0 unspecified atom stereocenters. The van der Waals surface area contributed by atoms with Crippen LogP contribution in [0.3, 0.4) is 0 Å². The highest BCUT2D eigenvalue weighted by Gasteiger charge is 2.36. The number of epoxide rings is 1. The average Bonchev–Trinajstić information content (AvgIpc) is 3.41. The molecule has 2 aliphatic rings. The maximum atomic E-state index is 10.2. The van der Waals surface area contributed by atoms with Crippen LogP contribution in [0.5, 0.6) is 0 Å². The Labute approximate surface area is 202 Å². The third-order valence-electron chi connectivity index (χ3n) is 6.71. The Morgan fingerprint density at radius 1 is 0.788 bits per heavy atom. The molecule has 0 amide bonds. The second kappa shape index (κ2) is 19.8. The first-order valence-electron chi connectivity index (χ1n) is 13.6. The molecule has 2 rings (SSSR count). The van der Waals surface area contributed by atoms with Gasteiger partial charge in [0.15, 0.2) is 0 Å². The van der Waals surface area contributed by atoms with Gasteiger partial charge in [-0.2, -0.15) is 0 Å². The Balaban J connectivity index is 0.000000451. The van der Waals surface area contributed by atoms with Crippen LogP contribution in [0.1, 0.15) is 110 Å². The van der Waals surface area contributed by atoms with E-state index in [4.69, 9.17) is 19.7 Å². The first kappa shape index (κ1) is 30.5. The van der Waals surface area contributed by atoms with Crippen LogP contribution in [0, 0.1) is 0 Å². The zero-order valence-electron chi connectivity index (χ0n) is 21.2. The lowest BCUT2D eigenvalue weighted by molar-refractivity contribution is -0.0873. The summed E-state index contributed by atoms with van der Waals surface area (Å²) in [5.74, 6) is 0. The van der Waals surface area contributed by atoms with Gasteiger partial charge >= 0.3 is 0 Å². The van der Waals surface area contributed by atoms with Crippen molar-refractivity contribution in [3.63, 3.8) is 0 Å². The molecule has 0 spiro atoms. The zero-order chi connectivity index (χ0) is 24.3. The van der Waals surface area contributed by atoms with E-state index in [1.165, 1.54) is 57.8 Å². The summed E-state index contributed by atoms with van der Waals surface area (Å²) in [7, 11) is 0. The Morgan fingerprint density at radius 3 is 1.88 bits per heavy atom. The lowest BCUT2D eigenvalue weighted by Gasteiger charge is -2.21. The van der Waals surface area contributed by atoms with E-state index in [2.05, 4.69) is 13.0 Å². The van der Waals surface area contributed by atoms with Gasteiger partial charge in [-0.05, 0) is 39.0 Å². The van der Waals surface area contributed by atoms with Crippen molar-refractivity contribution in [2.24, 2.45) is 0 Å². The number of ether oxygens (including phenoxy) is 2. The van der Waals surface area contributed by atoms with Crippen LogP contribution in [0.25, 0.3) is 0 Å². The highest BCUT2D eigenvalue weighted by molar-refractivity contribution is 4.87. The largest absolute Gasteiger partial charge is 0.394 e. The zero-order valence-corrected chi connectivity index (χ0v) is 21.2. The Morgan fingerprint density at radius 2 is 1.36 bits per heavy atom. The van der Waals surface area contributed by atoms with Gasteiger partial charge in [0.1, 0.15) is 12.2 Å². The minimum atomic E-state index is -0.815. The fourth-order valence-corrected chi connectivity index (χ4v) is 4.42. The normalized spacial score (nSPS) is 26.2. The number of allylic oxidation sites excluding steroid dienone is 2. The van der Waals surface area contributed by atoms with E-state index in [0.717, 1.165) is 38.5 Å². The first-order valence-corrected chi connectivity index (χ1v) is 13.6. The van der Waals surface area contributed by atoms with E-state index < -0.39 is 12.2 Å². The third kappa shape index (κ3) is 14.5. The van der Waals surface area contributed by atoms with Crippen molar-refractivity contribution in [2.45, 2.75) is 147 Å². The molecular weight excluding hydrogens is 420 g/mol. The summed E-state index contributed by atoms with van der Waals surface area (Å²) in [5.41, 5.74) is 0. The van der Waals surface area contributed by atoms with Gasteiger partial charge in [-0.25, -0.2) is 0 Å². The molecule has 0 bridgehead atoms. The van der Waals surface area contributed by atoms with Gasteiger partial charge in [-0.3, -0.25) is 0 Å². The second-order valence-corrected chi connectivity index (χ2v) is 9.62. The molecule has 6 nitrogen and oxygen atoms in total. The summed E-state index contributed by atoms with van der Waals surface area (Å²) in [5, 5.41) is 37.3. The predicted octanol–water partition coefficient (Wildman–Crippen LogP) is 4.66. The molecule has 2 saturated heterocycles. The highest BCUT2D eigenvalue weighted by atomic mass is 16.6. The Hall–Kier alpha value is -0.500. The smallest absolute Gasteiger partial charge is 0.107 e. The molecular formula is C27H52O6. The summed E-state index contributed by atoms with van der Waals surface area (Å²) < 4.78 is 10.8. The van der Waals surface area contributed by atoms with Gasteiger partial charge in [0.25, 0.3) is 0 Å². The van der Waals surface area contributed by atoms with E-state index >= 15 is 0 Å². The molecule has 2 fully saturated rings. The molecule has 6 atom stereocenters. The summed E-state index contributed by atoms with van der Waals surface area (Å²) >= 11 is 0. The molecule has 0 aromatic carbocycles. The molecule has 0 aliphatic carbocycles. The average molecular weight is 473 g/mol. The lowest BCUT2D eigenvalue weighted by atomic mass is 10.0. The van der Waals surface area contributed by atoms with Crippen LogP contribution in [-0.2, 0) is 9.47 Å². The lowest BCUT2D eigenvalue weighted by Crippen LogP contribution is -2.32. The van der Waals surface area contributed by atoms with Crippen molar-refractivity contribution >= 4 is 0 Å². The molecule has 6 heteroatoms. The number of aliphatic hydroxyl groups excluding tert-OH is 4. The SMILES string of the molecule is C/C=C/CC[C@@H]1O[C@H]1CO.CCCCCCCCCCCC[C@@H](O)[C@H]1CC[C@H]([C@@H](O)CO)O1. The maximum Gasteiger partial charge on any atom is 0.107 e.